The molecule has 0 spiro atoms. The van der Waals surface area contributed by atoms with E-state index in [1.807, 2.05) is 18.2 Å². The first kappa shape index (κ1) is 15.8. The molecule has 0 fully saturated rings. The monoisotopic (exact) mass is 350 g/mol. The summed E-state index contributed by atoms with van der Waals surface area (Å²) < 4.78 is 1.04. The number of anilines is 1. The predicted octanol–water partition coefficient (Wildman–Crippen LogP) is 4.08. The molecule has 21 heavy (non-hydrogen) atoms. The van der Waals surface area contributed by atoms with Crippen LogP contribution in [0.3, 0.4) is 0 Å². The molecule has 0 bridgehead atoms. The van der Waals surface area contributed by atoms with Crippen molar-refractivity contribution in [3.8, 4) is 0 Å². The Morgan fingerprint density at radius 2 is 2.10 bits per heavy atom. The molecular weight excluding hydrogens is 332 g/mol. The van der Waals surface area contributed by atoms with Gasteiger partial charge < -0.3 is 10.0 Å². The first-order valence-electron chi connectivity index (χ1n) is 7.02. The SMILES string of the molecule is CC(C)N(CCCC(=O)O)c1nccc2c(Br)cccc12. The maximum Gasteiger partial charge on any atom is 0.303 e. The van der Waals surface area contributed by atoms with Gasteiger partial charge in [-0.05, 0) is 32.4 Å². The summed E-state index contributed by atoms with van der Waals surface area (Å²) in [5.74, 6) is 0.154. The molecule has 1 aromatic carbocycles. The van der Waals surface area contributed by atoms with Crippen LogP contribution in [0, 0.1) is 0 Å². The van der Waals surface area contributed by atoms with Crippen LogP contribution in [0.15, 0.2) is 34.9 Å². The predicted molar refractivity (Wildman–Crippen MR) is 88.8 cm³/mol. The summed E-state index contributed by atoms with van der Waals surface area (Å²) in [4.78, 5) is 17.4. The third kappa shape index (κ3) is 3.73. The van der Waals surface area contributed by atoms with Gasteiger partial charge in [0.2, 0.25) is 0 Å². The highest BCUT2D eigenvalue weighted by molar-refractivity contribution is 9.10. The number of hydrogen-bond acceptors (Lipinski definition) is 3. The highest BCUT2D eigenvalue weighted by Crippen LogP contribution is 2.30. The normalized spacial score (nSPS) is 11.0. The first-order valence-corrected chi connectivity index (χ1v) is 7.81. The summed E-state index contributed by atoms with van der Waals surface area (Å²) in [5, 5.41) is 11.0. The van der Waals surface area contributed by atoms with Gasteiger partial charge in [-0.2, -0.15) is 0 Å². The average Bonchev–Trinajstić information content (AvgIpc) is 2.43. The lowest BCUT2D eigenvalue weighted by Crippen LogP contribution is -2.33. The van der Waals surface area contributed by atoms with Gasteiger partial charge in [0.25, 0.3) is 0 Å². The third-order valence-corrected chi connectivity index (χ3v) is 4.11. The van der Waals surface area contributed by atoms with Gasteiger partial charge in [0.15, 0.2) is 0 Å². The molecule has 0 radical (unpaired) electrons. The minimum Gasteiger partial charge on any atom is -0.481 e. The second-order valence-electron chi connectivity index (χ2n) is 5.25. The van der Waals surface area contributed by atoms with E-state index in [-0.39, 0.29) is 12.5 Å². The van der Waals surface area contributed by atoms with E-state index in [1.165, 1.54) is 0 Å². The number of pyridine rings is 1. The quantitative estimate of drug-likeness (QED) is 0.852. The van der Waals surface area contributed by atoms with Crippen LogP contribution < -0.4 is 4.90 Å². The Labute approximate surface area is 132 Å². The van der Waals surface area contributed by atoms with Crippen LogP contribution in [-0.2, 0) is 4.79 Å². The Balaban J connectivity index is 2.36. The number of aliphatic carboxylic acids is 1. The zero-order valence-corrected chi connectivity index (χ0v) is 13.8. The summed E-state index contributed by atoms with van der Waals surface area (Å²) in [6.45, 7) is 4.88. The molecule has 1 N–H and O–H groups in total. The zero-order chi connectivity index (χ0) is 15.4. The lowest BCUT2D eigenvalue weighted by atomic mass is 10.1. The second kappa shape index (κ2) is 6.89. The Bertz CT molecular complexity index is 643. The molecule has 112 valence electrons. The summed E-state index contributed by atoms with van der Waals surface area (Å²) in [6.07, 6.45) is 2.59. The minimum absolute atomic E-state index is 0.178. The van der Waals surface area contributed by atoms with Crippen LogP contribution in [-0.4, -0.2) is 28.6 Å². The molecule has 5 heteroatoms. The fourth-order valence-corrected chi connectivity index (χ4v) is 2.89. The van der Waals surface area contributed by atoms with E-state index in [2.05, 4.69) is 45.7 Å². The van der Waals surface area contributed by atoms with Crippen LogP contribution in [0.1, 0.15) is 26.7 Å². The Morgan fingerprint density at radius 3 is 2.76 bits per heavy atom. The topological polar surface area (TPSA) is 53.4 Å². The van der Waals surface area contributed by atoms with E-state index in [1.54, 1.807) is 6.20 Å². The molecule has 0 aliphatic rings. The number of rotatable bonds is 6. The number of carboxylic acids is 1. The number of hydrogen-bond donors (Lipinski definition) is 1. The van der Waals surface area contributed by atoms with Crippen molar-refractivity contribution in [2.75, 3.05) is 11.4 Å². The molecular formula is C16H19BrN2O2. The van der Waals surface area contributed by atoms with Gasteiger partial charge in [0, 0.05) is 40.4 Å². The van der Waals surface area contributed by atoms with Crippen molar-refractivity contribution < 1.29 is 9.90 Å². The summed E-state index contributed by atoms with van der Waals surface area (Å²) in [5.41, 5.74) is 0. The molecule has 0 unspecified atom stereocenters. The van der Waals surface area contributed by atoms with Crippen LogP contribution >= 0.6 is 15.9 Å². The van der Waals surface area contributed by atoms with E-state index in [0.29, 0.717) is 13.0 Å². The number of carbonyl (C=O) groups is 1. The van der Waals surface area contributed by atoms with Crippen LogP contribution in [0.5, 0.6) is 0 Å². The molecule has 0 amide bonds. The summed E-state index contributed by atoms with van der Waals surface area (Å²) >= 11 is 3.56. The van der Waals surface area contributed by atoms with Crippen LogP contribution in [0.4, 0.5) is 5.82 Å². The number of aromatic nitrogens is 1. The molecule has 1 aromatic heterocycles. The van der Waals surface area contributed by atoms with Gasteiger partial charge in [-0.25, -0.2) is 4.98 Å². The fourth-order valence-electron chi connectivity index (χ4n) is 2.39. The number of fused-ring (bicyclic) bond motifs is 1. The highest BCUT2D eigenvalue weighted by atomic mass is 79.9. The van der Waals surface area contributed by atoms with E-state index in [4.69, 9.17) is 5.11 Å². The zero-order valence-electron chi connectivity index (χ0n) is 12.2. The van der Waals surface area contributed by atoms with Gasteiger partial charge in [-0.3, -0.25) is 4.79 Å². The minimum atomic E-state index is -0.757. The van der Waals surface area contributed by atoms with Crippen molar-refractivity contribution in [2.24, 2.45) is 0 Å². The smallest absolute Gasteiger partial charge is 0.303 e. The van der Waals surface area contributed by atoms with E-state index in [0.717, 1.165) is 21.1 Å². The van der Waals surface area contributed by atoms with Crippen molar-refractivity contribution >= 4 is 38.5 Å². The molecule has 2 rings (SSSR count). The van der Waals surface area contributed by atoms with Crippen molar-refractivity contribution in [3.05, 3.63) is 34.9 Å². The molecule has 4 nitrogen and oxygen atoms in total. The van der Waals surface area contributed by atoms with Crippen molar-refractivity contribution in [3.63, 3.8) is 0 Å². The number of halogens is 1. The van der Waals surface area contributed by atoms with Gasteiger partial charge in [-0.15, -0.1) is 0 Å². The Morgan fingerprint density at radius 1 is 1.33 bits per heavy atom. The first-order chi connectivity index (χ1) is 10.0. The molecule has 0 saturated carbocycles. The standard InChI is InChI=1S/C16H19BrN2O2/c1-11(2)19(10-4-7-15(20)21)16-13-5-3-6-14(17)12(13)8-9-18-16/h3,5-6,8-9,11H,4,7,10H2,1-2H3,(H,20,21). The fraction of sp³-hybridized carbons (Fsp3) is 0.375. The lowest BCUT2D eigenvalue weighted by Gasteiger charge is -2.29. The van der Waals surface area contributed by atoms with Crippen molar-refractivity contribution in [1.82, 2.24) is 4.98 Å². The van der Waals surface area contributed by atoms with Gasteiger partial charge in [0.05, 0.1) is 0 Å². The second-order valence-corrected chi connectivity index (χ2v) is 6.11. The van der Waals surface area contributed by atoms with E-state index in [9.17, 15) is 4.79 Å². The van der Waals surface area contributed by atoms with Crippen LogP contribution in [0.2, 0.25) is 0 Å². The molecule has 1 heterocycles. The Hall–Kier alpha value is -1.62. The highest BCUT2D eigenvalue weighted by Gasteiger charge is 2.15. The van der Waals surface area contributed by atoms with Crippen molar-refractivity contribution in [1.29, 1.82) is 0 Å². The lowest BCUT2D eigenvalue weighted by molar-refractivity contribution is -0.137. The van der Waals surface area contributed by atoms with Crippen LogP contribution in [0.25, 0.3) is 10.8 Å². The maximum absolute atomic E-state index is 10.7. The Kier molecular flexibility index (Phi) is 5.17. The third-order valence-electron chi connectivity index (χ3n) is 3.42. The number of nitrogens with zero attached hydrogens (tertiary/aromatic N) is 2. The van der Waals surface area contributed by atoms with E-state index >= 15 is 0 Å². The average molecular weight is 351 g/mol. The molecule has 0 atom stereocenters. The summed E-state index contributed by atoms with van der Waals surface area (Å²) in [7, 11) is 0. The molecule has 2 aromatic rings. The maximum atomic E-state index is 10.7. The largest absolute Gasteiger partial charge is 0.481 e. The number of carboxylic acid groups (broad SMARTS) is 1. The summed E-state index contributed by atoms with van der Waals surface area (Å²) in [6, 6.07) is 8.30. The van der Waals surface area contributed by atoms with E-state index < -0.39 is 5.97 Å². The van der Waals surface area contributed by atoms with Gasteiger partial charge in [-0.1, -0.05) is 28.1 Å². The molecule has 0 saturated heterocycles. The number of benzene rings is 1. The molecule has 0 aliphatic heterocycles. The van der Waals surface area contributed by atoms with Crippen molar-refractivity contribution in [2.45, 2.75) is 32.7 Å². The van der Waals surface area contributed by atoms with Gasteiger partial charge in [0.1, 0.15) is 5.82 Å². The molecule has 0 aliphatic carbocycles. The van der Waals surface area contributed by atoms with Gasteiger partial charge >= 0.3 is 5.97 Å².